The van der Waals surface area contributed by atoms with Crippen LogP contribution >= 0.6 is 0 Å². The maximum atomic E-state index is 13.9. The zero-order valence-corrected chi connectivity index (χ0v) is 24.6. The van der Waals surface area contributed by atoms with E-state index in [0.29, 0.717) is 11.1 Å². The van der Waals surface area contributed by atoms with Crippen molar-refractivity contribution >= 4 is 34.6 Å². The molecular weight excluding hydrogens is 566 g/mol. The van der Waals surface area contributed by atoms with Crippen molar-refractivity contribution in [3.8, 4) is 11.1 Å². The predicted octanol–water partition coefficient (Wildman–Crippen LogP) is 6.64. The summed E-state index contributed by atoms with van der Waals surface area (Å²) in [5.41, 5.74) is 6.11. The molecule has 4 aromatic rings. The summed E-state index contributed by atoms with van der Waals surface area (Å²) in [5.74, 6) is -2.74. The number of aliphatic carboxylic acids is 1. The number of Topliss-reactive ketones (excluding diaryl/α,β-unsaturated/α-hetero) is 1. The molecule has 0 fully saturated rings. The van der Waals surface area contributed by atoms with Gasteiger partial charge in [-0.05, 0) is 71.7 Å². The summed E-state index contributed by atoms with van der Waals surface area (Å²) < 4.78 is 0. The molecular formula is C38H33NO6. The van der Waals surface area contributed by atoms with Crippen molar-refractivity contribution in [1.29, 1.82) is 0 Å². The van der Waals surface area contributed by atoms with Crippen LogP contribution in [-0.2, 0) is 4.79 Å². The number of aliphatic hydroxyl groups is 1. The van der Waals surface area contributed by atoms with E-state index in [9.17, 15) is 24.3 Å². The van der Waals surface area contributed by atoms with Crippen LogP contribution in [0.2, 0.25) is 0 Å². The Kier molecular flexibility index (Phi) is 9.92. The number of carboxylic acids is 1. The van der Waals surface area contributed by atoms with Gasteiger partial charge in [-0.25, -0.2) is 4.79 Å². The first-order valence-corrected chi connectivity index (χ1v) is 14.9. The van der Waals surface area contributed by atoms with Crippen LogP contribution in [0.15, 0.2) is 115 Å². The molecule has 1 atom stereocenters. The van der Waals surface area contributed by atoms with Gasteiger partial charge in [0.25, 0.3) is 5.91 Å². The van der Waals surface area contributed by atoms with Gasteiger partial charge in [-0.3, -0.25) is 14.4 Å². The lowest BCUT2D eigenvalue weighted by Gasteiger charge is -2.14. The van der Waals surface area contributed by atoms with Gasteiger partial charge in [-0.15, -0.1) is 0 Å². The summed E-state index contributed by atoms with van der Waals surface area (Å²) in [6.45, 7) is -0.455. The molecule has 0 aromatic heterocycles. The standard InChI is InChI=1S/C38H33NO6/c40-34(30-17-13-28(14-18-30)26-9-5-2-6-10-26)23-33(29-15-11-27(12-16-29)25-7-3-1-4-8-25)36(42)31-19-21-32(22-20-31)37(43)39-24-35(41)38(44)45/h2,5-7,9-23,35,41H,1,3-4,8,24H2,(H,39,43)(H,44,45)/t35-/m1/s1. The van der Waals surface area contributed by atoms with E-state index in [-0.39, 0.29) is 28.3 Å². The number of carboxylic acid groups (broad SMARTS) is 1. The molecule has 226 valence electrons. The summed E-state index contributed by atoms with van der Waals surface area (Å²) in [5, 5.41) is 20.6. The van der Waals surface area contributed by atoms with E-state index < -0.39 is 24.5 Å². The number of aliphatic hydroxyl groups excluding tert-OH is 1. The number of hydrogen-bond acceptors (Lipinski definition) is 5. The molecule has 0 unspecified atom stereocenters. The molecule has 0 bridgehead atoms. The Balaban J connectivity index is 1.42. The molecule has 7 heteroatoms. The molecule has 7 nitrogen and oxygen atoms in total. The zero-order chi connectivity index (χ0) is 31.8. The monoisotopic (exact) mass is 599 g/mol. The maximum Gasteiger partial charge on any atom is 0.334 e. The van der Waals surface area contributed by atoms with E-state index in [1.165, 1.54) is 42.3 Å². The average Bonchev–Trinajstić information content (AvgIpc) is 3.10. The molecule has 0 spiro atoms. The van der Waals surface area contributed by atoms with Crippen LogP contribution in [0.4, 0.5) is 0 Å². The fraction of sp³-hybridized carbons (Fsp3) is 0.158. The molecule has 0 saturated heterocycles. The second-order valence-corrected chi connectivity index (χ2v) is 10.9. The fourth-order valence-electron chi connectivity index (χ4n) is 5.22. The summed E-state index contributed by atoms with van der Waals surface area (Å²) in [4.78, 5) is 50.6. The minimum atomic E-state index is -1.73. The van der Waals surface area contributed by atoms with Gasteiger partial charge < -0.3 is 15.5 Å². The molecule has 0 heterocycles. The summed E-state index contributed by atoms with van der Waals surface area (Å²) >= 11 is 0. The highest BCUT2D eigenvalue weighted by molar-refractivity contribution is 6.32. The van der Waals surface area contributed by atoms with Gasteiger partial charge in [0.05, 0.1) is 6.54 Å². The van der Waals surface area contributed by atoms with Crippen molar-refractivity contribution in [2.24, 2.45) is 0 Å². The fourth-order valence-corrected chi connectivity index (χ4v) is 5.22. The number of rotatable bonds is 11. The number of nitrogens with one attached hydrogen (secondary N) is 1. The minimum Gasteiger partial charge on any atom is -0.479 e. The van der Waals surface area contributed by atoms with Crippen molar-refractivity contribution in [2.45, 2.75) is 31.8 Å². The number of benzene rings is 4. The molecule has 1 amide bonds. The van der Waals surface area contributed by atoms with Crippen molar-refractivity contribution in [3.63, 3.8) is 0 Å². The molecule has 0 saturated carbocycles. The van der Waals surface area contributed by atoms with Crippen LogP contribution < -0.4 is 5.32 Å². The molecule has 1 aliphatic carbocycles. The molecule has 3 N–H and O–H groups in total. The highest BCUT2D eigenvalue weighted by Gasteiger charge is 2.19. The van der Waals surface area contributed by atoms with Gasteiger partial charge in [-0.1, -0.05) is 97.1 Å². The third kappa shape index (κ3) is 7.77. The van der Waals surface area contributed by atoms with Gasteiger partial charge in [0.2, 0.25) is 0 Å². The Morgan fingerprint density at radius 1 is 0.689 bits per heavy atom. The Labute approximate surface area is 261 Å². The van der Waals surface area contributed by atoms with Crippen LogP contribution in [0.3, 0.4) is 0 Å². The van der Waals surface area contributed by atoms with Crippen LogP contribution in [0.1, 0.15) is 67.9 Å². The Morgan fingerprint density at radius 2 is 1.27 bits per heavy atom. The zero-order valence-electron chi connectivity index (χ0n) is 24.6. The molecule has 0 radical (unpaired) electrons. The number of hydrogen-bond donors (Lipinski definition) is 3. The highest BCUT2D eigenvalue weighted by Crippen LogP contribution is 2.29. The van der Waals surface area contributed by atoms with Crippen molar-refractivity contribution in [2.75, 3.05) is 6.54 Å². The first-order valence-electron chi connectivity index (χ1n) is 14.9. The topological polar surface area (TPSA) is 121 Å². The van der Waals surface area contributed by atoms with Gasteiger partial charge in [0.1, 0.15) is 0 Å². The van der Waals surface area contributed by atoms with E-state index in [1.807, 2.05) is 66.7 Å². The van der Waals surface area contributed by atoms with Gasteiger partial charge in [-0.2, -0.15) is 0 Å². The van der Waals surface area contributed by atoms with Crippen LogP contribution in [0.5, 0.6) is 0 Å². The third-order valence-corrected chi connectivity index (χ3v) is 7.80. The minimum absolute atomic E-state index is 0.189. The molecule has 45 heavy (non-hydrogen) atoms. The van der Waals surface area contributed by atoms with Crippen LogP contribution in [0, 0.1) is 0 Å². The third-order valence-electron chi connectivity index (χ3n) is 7.80. The maximum absolute atomic E-state index is 13.9. The van der Waals surface area contributed by atoms with Crippen LogP contribution in [-0.4, -0.2) is 46.3 Å². The normalized spacial score (nSPS) is 13.8. The second-order valence-electron chi connectivity index (χ2n) is 10.9. The van der Waals surface area contributed by atoms with Crippen molar-refractivity contribution in [3.05, 3.63) is 143 Å². The number of ketones is 2. The second kappa shape index (κ2) is 14.4. The number of carbonyl (C=O) groups is 4. The molecule has 5 rings (SSSR count). The number of allylic oxidation sites excluding steroid dienone is 4. The summed E-state index contributed by atoms with van der Waals surface area (Å²) in [6, 6.07) is 30.6. The molecule has 4 aromatic carbocycles. The van der Waals surface area contributed by atoms with Crippen molar-refractivity contribution in [1.82, 2.24) is 5.32 Å². The van der Waals surface area contributed by atoms with Gasteiger partial charge in [0.15, 0.2) is 17.7 Å². The van der Waals surface area contributed by atoms with E-state index in [2.05, 4.69) is 11.4 Å². The quantitative estimate of drug-likeness (QED) is 0.131. The lowest BCUT2D eigenvalue weighted by molar-refractivity contribution is -0.146. The summed E-state index contributed by atoms with van der Waals surface area (Å²) in [7, 11) is 0. The van der Waals surface area contributed by atoms with Gasteiger partial charge in [0, 0.05) is 22.3 Å². The first kappa shape index (κ1) is 31.0. The van der Waals surface area contributed by atoms with E-state index >= 15 is 0 Å². The smallest absolute Gasteiger partial charge is 0.334 e. The highest BCUT2D eigenvalue weighted by atomic mass is 16.4. The number of amides is 1. The Hall–Kier alpha value is -5.40. The Bertz CT molecular complexity index is 1750. The van der Waals surface area contributed by atoms with Crippen LogP contribution in [0.25, 0.3) is 22.3 Å². The van der Waals surface area contributed by atoms with E-state index in [4.69, 9.17) is 5.11 Å². The summed E-state index contributed by atoms with van der Waals surface area (Å²) in [6.07, 6.45) is 6.27. The number of carbonyl (C=O) groups excluding carboxylic acids is 3. The molecule has 1 aliphatic rings. The lowest BCUT2D eigenvalue weighted by atomic mass is 9.90. The first-order chi connectivity index (χ1) is 21.8. The van der Waals surface area contributed by atoms with E-state index in [1.54, 1.807) is 12.1 Å². The Morgan fingerprint density at radius 3 is 1.89 bits per heavy atom. The SMILES string of the molecule is O=C(C=C(C(=O)c1ccc(C(=O)NC[C@@H](O)C(=O)O)cc1)c1ccc(C2=CCCCC2)cc1)c1ccc(-c2ccccc2)cc1. The van der Waals surface area contributed by atoms with E-state index in [0.717, 1.165) is 36.0 Å². The predicted molar refractivity (Wildman–Crippen MR) is 174 cm³/mol. The average molecular weight is 600 g/mol. The largest absolute Gasteiger partial charge is 0.479 e. The lowest BCUT2D eigenvalue weighted by Crippen LogP contribution is -2.36. The molecule has 0 aliphatic heterocycles. The van der Waals surface area contributed by atoms with Gasteiger partial charge >= 0.3 is 5.97 Å². The van der Waals surface area contributed by atoms with Crippen molar-refractivity contribution < 1.29 is 29.4 Å².